The Morgan fingerprint density at radius 2 is 1.80 bits per heavy atom. The van der Waals surface area contributed by atoms with E-state index < -0.39 is 6.36 Å². The minimum Gasteiger partial charge on any atom is -0.406 e. The first-order valence-electron chi connectivity index (χ1n) is 9.44. The third kappa shape index (κ3) is 5.96. The monoisotopic (exact) mass is 421 g/mol. The highest BCUT2D eigenvalue weighted by atomic mass is 19.4. The number of alkyl halides is 3. The van der Waals surface area contributed by atoms with Crippen molar-refractivity contribution in [3.63, 3.8) is 0 Å². The highest BCUT2D eigenvalue weighted by molar-refractivity contribution is 5.97. The first-order chi connectivity index (χ1) is 14.2. The molecule has 0 aromatic heterocycles. The van der Waals surface area contributed by atoms with Crippen molar-refractivity contribution in [3.8, 4) is 5.75 Å². The summed E-state index contributed by atoms with van der Waals surface area (Å²) < 4.78 is 40.4. The summed E-state index contributed by atoms with van der Waals surface area (Å²) in [5.74, 6) is -0.843. The number of carbonyl (C=O) groups is 2. The quantitative estimate of drug-likeness (QED) is 0.776. The minimum atomic E-state index is -4.77. The van der Waals surface area contributed by atoms with Crippen LogP contribution in [0.5, 0.6) is 5.75 Å². The molecule has 2 aromatic rings. The Kier molecular flexibility index (Phi) is 6.61. The zero-order valence-corrected chi connectivity index (χ0v) is 16.4. The molecule has 0 aliphatic carbocycles. The number of nitrogens with one attached hydrogen (secondary N) is 1. The second-order valence-corrected chi connectivity index (χ2v) is 7.07. The number of rotatable bonds is 6. The largest absolute Gasteiger partial charge is 0.573 e. The summed E-state index contributed by atoms with van der Waals surface area (Å²) in [6, 6.07) is 12.6. The summed E-state index contributed by atoms with van der Waals surface area (Å²) in [4.78, 5) is 28.2. The standard InChI is InChI=1S/C21H22F3N3O3/c1-26(14-20(29)27-12-4-6-15-5-2-3-7-18(15)27)13-19(28)25-16-8-10-17(11-9-16)30-21(22,23)24/h2-3,5,7-11H,4,6,12-14H2,1H3,(H,25,28). The number of benzene rings is 2. The van der Waals surface area contributed by atoms with Crippen LogP contribution in [0.2, 0.25) is 0 Å². The van der Waals surface area contributed by atoms with Gasteiger partial charge in [0.1, 0.15) is 5.75 Å². The van der Waals surface area contributed by atoms with Gasteiger partial charge < -0.3 is 15.0 Å². The van der Waals surface area contributed by atoms with E-state index in [9.17, 15) is 22.8 Å². The topological polar surface area (TPSA) is 61.9 Å². The number of carbonyl (C=O) groups excluding carboxylic acids is 2. The van der Waals surface area contributed by atoms with Gasteiger partial charge in [-0.2, -0.15) is 0 Å². The van der Waals surface area contributed by atoms with Crippen molar-refractivity contribution in [1.82, 2.24) is 4.90 Å². The maximum absolute atomic E-state index is 12.7. The molecule has 0 unspecified atom stereocenters. The normalized spacial score (nSPS) is 13.7. The highest BCUT2D eigenvalue weighted by Crippen LogP contribution is 2.27. The van der Waals surface area contributed by atoms with Crippen LogP contribution in [0.1, 0.15) is 12.0 Å². The van der Waals surface area contributed by atoms with Gasteiger partial charge in [0.25, 0.3) is 0 Å². The van der Waals surface area contributed by atoms with E-state index in [1.807, 2.05) is 24.3 Å². The molecule has 2 amide bonds. The summed E-state index contributed by atoms with van der Waals surface area (Å²) >= 11 is 0. The average molecular weight is 421 g/mol. The van der Waals surface area contributed by atoms with E-state index >= 15 is 0 Å². The first kappa shape index (κ1) is 21.6. The van der Waals surface area contributed by atoms with Crippen molar-refractivity contribution in [3.05, 3.63) is 54.1 Å². The van der Waals surface area contributed by atoms with Crippen LogP contribution in [-0.4, -0.2) is 49.8 Å². The number of ether oxygens (including phenoxy) is 1. The van der Waals surface area contributed by atoms with Crippen molar-refractivity contribution in [2.75, 3.05) is 36.9 Å². The van der Waals surface area contributed by atoms with E-state index in [0.29, 0.717) is 12.2 Å². The van der Waals surface area contributed by atoms with E-state index in [0.717, 1.165) is 36.2 Å². The lowest BCUT2D eigenvalue weighted by Gasteiger charge is -2.30. The molecule has 0 bridgehead atoms. The molecule has 0 saturated carbocycles. The van der Waals surface area contributed by atoms with Crippen LogP contribution in [0.15, 0.2) is 48.5 Å². The van der Waals surface area contributed by atoms with E-state index in [4.69, 9.17) is 0 Å². The van der Waals surface area contributed by atoms with Gasteiger partial charge in [-0.3, -0.25) is 14.5 Å². The van der Waals surface area contributed by atoms with Gasteiger partial charge in [-0.25, -0.2) is 0 Å². The molecule has 6 nitrogen and oxygen atoms in total. The fourth-order valence-corrected chi connectivity index (χ4v) is 3.35. The number of halogens is 3. The van der Waals surface area contributed by atoms with Gasteiger partial charge in [0, 0.05) is 17.9 Å². The number of likely N-dealkylation sites (N-methyl/N-ethyl adjacent to an activating group) is 1. The molecule has 2 aromatic carbocycles. The lowest BCUT2D eigenvalue weighted by atomic mass is 10.0. The average Bonchev–Trinajstić information content (AvgIpc) is 2.67. The van der Waals surface area contributed by atoms with Crippen LogP contribution >= 0.6 is 0 Å². The first-order valence-corrected chi connectivity index (χ1v) is 9.44. The third-order valence-corrected chi connectivity index (χ3v) is 4.60. The number of hydrogen-bond donors (Lipinski definition) is 1. The van der Waals surface area contributed by atoms with Gasteiger partial charge in [0.15, 0.2) is 0 Å². The van der Waals surface area contributed by atoms with E-state index in [2.05, 4.69) is 10.1 Å². The summed E-state index contributed by atoms with van der Waals surface area (Å²) in [6.07, 6.45) is -2.94. The Labute approximate surface area is 172 Å². The Morgan fingerprint density at radius 1 is 1.10 bits per heavy atom. The van der Waals surface area contributed by atoms with Gasteiger partial charge in [0.2, 0.25) is 11.8 Å². The maximum atomic E-state index is 12.7. The summed E-state index contributed by atoms with van der Waals surface area (Å²) in [5.41, 5.74) is 2.38. The van der Waals surface area contributed by atoms with Crippen molar-refractivity contribution >= 4 is 23.2 Å². The predicted octanol–water partition coefficient (Wildman–Crippen LogP) is 3.43. The van der Waals surface area contributed by atoms with Gasteiger partial charge in [-0.05, 0) is 55.8 Å². The number of anilines is 2. The van der Waals surface area contributed by atoms with Gasteiger partial charge in [-0.15, -0.1) is 13.2 Å². The molecule has 9 heteroatoms. The molecule has 0 saturated heterocycles. The number of amides is 2. The molecule has 3 rings (SSSR count). The lowest BCUT2D eigenvalue weighted by molar-refractivity contribution is -0.274. The Morgan fingerprint density at radius 3 is 2.50 bits per heavy atom. The molecule has 1 heterocycles. The van der Waals surface area contributed by atoms with E-state index in [-0.39, 0.29) is 30.7 Å². The zero-order valence-electron chi connectivity index (χ0n) is 16.4. The van der Waals surface area contributed by atoms with Gasteiger partial charge in [-0.1, -0.05) is 18.2 Å². The summed E-state index contributed by atoms with van der Waals surface area (Å²) in [5, 5.41) is 2.59. The minimum absolute atomic E-state index is 0.0397. The predicted molar refractivity (Wildman–Crippen MR) is 106 cm³/mol. The second-order valence-electron chi connectivity index (χ2n) is 7.07. The Balaban J connectivity index is 1.51. The number of para-hydroxylation sites is 1. The number of aryl methyl sites for hydroxylation is 1. The number of fused-ring (bicyclic) bond motifs is 1. The van der Waals surface area contributed by atoms with Crippen molar-refractivity contribution in [2.24, 2.45) is 0 Å². The zero-order chi connectivity index (χ0) is 21.7. The number of nitrogens with zero attached hydrogens (tertiary/aromatic N) is 2. The van der Waals surface area contributed by atoms with Gasteiger partial charge >= 0.3 is 6.36 Å². The molecule has 0 radical (unpaired) electrons. The summed E-state index contributed by atoms with van der Waals surface area (Å²) in [6.45, 7) is 0.671. The van der Waals surface area contributed by atoms with Crippen LogP contribution < -0.4 is 15.0 Å². The Hall–Kier alpha value is -3.07. The SMILES string of the molecule is CN(CC(=O)Nc1ccc(OC(F)(F)F)cc1)CC(=O)N1CCCc2ccccc21. The molecule has 1 N–H and O–H groups in total. The molecule has 0 spiro atoms. The molecular formula is C21H22F3N3O3. The van der Waals surface area contributed by atoms with Crippen LogP contribution in [0.25, 0.3) is 0 Å². The van der Waals surface area contributed by atoms with Crippen molar-refractivity contribution in [2.45, 2.75) is 19.2 Å². The van der Waals surface area contributed by atoms with Gasteiger partial charge in [0.05, 0.1) is 13.1 Å². The third-order valence-electron chi connectivity index (χ3n) is 4.60. The van der Waals surface area contributed by atoms with Crippen molar-refractivity contribution in [1.29, 1.82) is 0 Å². The molecule has 1 aliphatic heterocycles. The maximum Gasteiger partial charge on any atom is 0.573 e. The number of hydrogen-bond acceptors (Lipinski definition) is 4. The molecular weight excluding hydrogens is 399 g/mol. The van der Waals surface area contributed by atoms with E-state index in [1.54, 1.807) is 16.8 Å². The molecule has 1 aliphatic rings. The van der Waals surface area contributed by atoms with Crippen LogP contribution in [-0.2, 0) is 16.0 Å². The highest BCUT2D eigenvalue weighted by Gasteiger charge is 2.31. The molecule has 30 heavy (non-hydrogen) atoms. The fraction of sp³-hybridized carbons (Fsp3) is 0.333. The molecule has 0 atom stereocenters. The smallest absolute Gasteiger partial charge is 0.406 e. The Bertz CT molecular complexity index is 900. The van der Waals surface area contributed by atoms with Crippen molar-refractivity contribution < 1.29 is 27.5 Å². The van der Waals surface area contributed by atoms with E-state index in [1.165, 1.54) is 12.1 Å². The fourth-order valence-electron chi connectivity index (χ4n) is 3.35. The van der Waals surface area contributed by atoms with Crippen LogP contribution in [0.3, 0.4) is 0 Å². The van der Waals surface area contributed by atoms with Crippen LogP contribution in [0, 0.1) is 0 Å². The van der Waals surface area contributed by atoms with Crippen LogP contribution in [0.4, 0.5) is 24.5 Å². The summed E-state index contributed by atoms with van der Waals surface area (Å²) in [7, 11) is 1.66. The molecule has 160 valence electrons. The second kappa shape index (κ2) is 9.17. The lowest BCUT2D eigenvalue weighted by Crippen LogP contribution is -2.43. The molecule has 0 fully saturated rings.